The van der Waals surface area contributed by atoms with Gasteiger partial charge in [0.05, 0.1) is 4.90 Å². The quantitative estimate of drug-likeness (QED) is 0.647. The van der Waals surface area contributed by atoms with Crippen molar-refractivity contribution >= 4 is 11.0 Å². The first-order chi connectivity index (χ1) is 4.70. The van der Waals surface area contributed by atoms with Crippen LogP contribution < -0.4 is 5.14 Å². The SMILES string of the molecule is NS(=O)c1cccc(F)c1. The highest BCUT2D eigenvalue weighted by Gasteiger charge is 1.97. The summed E-state index contributed by atoms with van der Waals surface area (Å²) in [5.41, 5.74) is 0. The molecule has 54 valence electrons. The van der Waals surface area contributed by atoms with Crippen molar-refractivity contribution in [3.8, 4) is 0 Å². The molecule has 2 nitrogen and oxygen atoms in total. The maximum Gasteiger partial charge on any atom is 0.124 e. The van der Waals surface area contributed by atoms with Gasteiger partial charge in [-0.15, -0.1) is 0 Å². The standard InChI is InChI=1S/C6H6FNOS/c7-5-2-1-3-6(4-5)10(8)9/h1-4H,8H2. The molecule has 0 spiro atoms. The van der Waals surface area contributed by atoms with Crippen molar-refractivity contribution in [2.75, 3.05) is 0 Å². The van der Waals surface area contributed by atoms with Crippen LogP contribution in [0.1, 0.15) is 0 Å². The molecule has 0 fully saturated rings. The molecular weight excluding hydrogens is 153 g/mol. The fraction of sp³-hybridized carbons (Fsp3) is 0. The number of nitrogens with two attached hydrogens (primary N) is 1. The summed E-state index contributed by atoms with van der Waals surface area (Å²) in [7, 11) is -1.58. The Labute approximate surface area is 60.4 Å². The van der Waals surface area contributed by atoms with E-state index in [2.05, 4.69) is 0 Å². The van der Waals surface area contributed by atoms with Crippen molar-refractivity contribution in [3.05, 3.63) is 30.1 Å². The van der Waals surface area contributed by atoms with Gasteiger partial charge in [0.15, 0.2) is 0 Å². The Morgan fingerprint density at radius 1 is 1.50 bits per heavy atom. The lowest BCUT2D eigenvalue weighted by molar-refractivity contribution is 0.622. The van der Waals surface area contributed by atoms with Crippen LogP contribution in [-0.2, 0) is 11.0 Å². The minimum atomic E-state index is -1.58. The molecule has 0 aliphatic carbocycles. The van der Waals surface area contributed by atoms with Gasteiger partial charge < -0.3 is 0 Å². The minimum absolute atomic E-state index is 0.306. The molecule has 0 amide bonds. The minimum Gasteiger partial charge on any atom is -0.248 e. The predicted molar refractivity (Wildman–Crippen MR) is 37.0 cm³/mol. The maximum absolute atomic E-state index is 12.3. The van der Waals surface area contributed by atoms with Crippen molar-refractivity contribution in [3.63, 3.8) is 0 Å². The van der Waals surface area contributed by atoms with Crippen molar-refractivity contribution in [2.45, 2.75) is 4.90 Å². The zero-order valence-corrected chi connectivity index (χ0v) is 5.90. The van der Waals surface area contributed by atoms with E-state index in [0.717, 1.165) is 6.07 Å². The first-order valence-electron chi connectivity index (χ1n) is 2.62. The molecule has 0 aliphatic rings. The fourth-order valence-electron chi connectivity index (χ4n) is 0.592. The number of hydrogen-bond donors (Lipinski definition) is 1. The second kappa shape index (κ2) is 2.90. The summed E-state index contributed by atoms with van der Waals surface area (Å²) in [6, 6.07) is 5.40. The van der Waals surface area contributed by atoms with Crippen LogP contribution in [0.25, 0.3) is 0 Å². The summed E-state index contributed by atoms with van der Waals surface area (Å²) in [6.07, 6.45) is 0. The van der Waals surface area contributed by atoms with E-state index in [9.17, 15) is 8.60 Å². The second-order valence-electron chi connectivity index (χ2n) is 1.75. The van der Waals surface area contributed by atoms with Gasteiger partial charge in [0.1, 0.15) is 16.8 Å². The third-order valence-corrected chi connectivity index (χ3v) is 1.75. The van der Waals surface area contributed by atoms with Gasteiger partial charge in [-0.25, -0.2) is 13.7 Å². The third-order valence-electron chi connectivity index (χ3n) is 1.03. The monoisotopic (exact) mass is 159 g/mol. The lowest BCUT2D eigenvalue weighted by Gasteiger charge is -1.93. The van der Waals surface area contributed by atoms with Crippen LogP contribution in [-0.4, -0.2) is 4.21 Å². The molecule has 1 rings (SSSR count). The van der Waals surface area contributed by atoms with E-state index in [1.165, 1.54) is 18.2 Å². The summed E-state index contributed by atoms with van der Waals surface area (Å²) in [5.74, 6) is -0.420. The Balaban J connectivity index is 3.07. The highest BCUT2D eigenvalue weighted by atomic mass is 32.2. The normalized spacial score (nSPS) is 13.0. The molecule has 0 aromatic heterocycles. The molecule has 0 aliphatic heterocycles. The van der Waals surface area contributed by atoms with Crippen LogP contribution in [0, 0.1) is 5.82 Å². The molecule has 1 unspecified atom stereocenters. The third kappa shape index (κ3) is 1.62. The average molecular weight is 159 g/mol. The summed E-state index contributed by atoms with van der Waals surface area (Å²) in [6.45, 7) is 0. The molecule has 0 radical (unpaired) electrons. The predicted octanol–water partition coefficient (Wildman–Crippen LogP) is 0.807. The largest absolute Gasteiger partial charge is 0.248 e. The van der Waals surface area contributed by atoms with Gasteiger partial charge in [-0.1, -0.05) is 6.07 Å². The van der Waals surface area contributed by atoms with Gasteiger partial charge in [0, 0.05) is 0 Å². The van der Waals surface area contributed by atoms with E-state index < -0.39 is 16.8 Å². The highest BCUT2D eigenvalue weighted by Crippen LogP contribution is 2.04. The molecule has 2 N–H and O–H groups in total. The van der Waals surface area contributed by atoms with E-state index in [1.807, 2.05) is 0 Å². The summed E-state index contributed by atoms with van der Waals surface area (Å²) < 4.78 is 22.9. The Morgan fingerprint density at radius 2 is 2.20 bits per heavy atom. The molecule has 0 bridgehead atoms. The maximum atomic E-state index is 12.3. The van der Waals surface area contributed by atoms with Crippen LogP contribution in [0.5, 0.6) is 0 Å². The average Bonchev–Trinajstić information content (AvgIpc) is 1.88. The molecule has 0 heterocycles. The van der Waals surface area contributed by atoms with Crippen LogP contribution in [0.4, 0.5) is 4.39 Å². The first kappa shape index (κ1) is 7.37. The number of hydrogen-bond acceptors (Lipinski definition) is 1. The smallest absolute Gasteiger partial charge is 0.124 e. The molecule has 1 aromatic rings. The Kier molecular flexibility index (Phi) is 2.13. The fourth-order valence-corrected chi connectivity index (χ4v) is 1.03. The van der Waals surface area contributed by atoms with Gasteiger partial charge in [-0.05, 0) is 18.2 Å². The van der Waals surface area contributed by atoms with Crippen LogP contribution in [0.15, 0.2) is 29.2 Å². The van der Waals surface area contributed by atoms with Crippen LogP contribution >= 0.6 is 0 Å². The molecule has 1 aromatic carbocycles. The molecule has 0 saturated heterocycles. The summed E-state index contributed by atoms with van der Waals surface area (Å²) in [4.78, 5) is 0.306. The number of benzene rings is 1. The highest BCUT2D eigenvalue weighted by molar-refractivity contribution is 7.82. The van der Waals surface area contributed by atoms with Crippen molar-refractivity contribution in [1.82, 2.24) is 0 Å². The van der Waals surface area contributed by atoms with Gasteiger partial charge in [-0.3, -0.25) is 0 Å². The molecule has 10 heavy (non-hydrogen) atoms. The van der Waals surface area contributed by atoms with E-state index in [0.29, 0.717) is 4.90 Å². The topological polar surface area (TPSA) is 43.1 Å². The molecule has 0 saturated carbocycles. The lowest BCUT2D eigenvalue weighted by atomic mass is 10.4. The van der Waals surface area contributed by atoms with Gasteiger partial charge >= 0.3 is 0 Å². The Hall–Kier alpha value is -0.740. The van der Waals surface area contributed by atoms with E-state index >= 15 is 0 Å². The van der Waals surface area contributed by atoms with E-state index in [-0.39, 0.29) is 0 Å². The van der Waals surface area contributed by atoms with Crippen LogP contribution in [0.3, 0.4) is 0 Å². The van der Waals surface area contributed by atoms with Crippen molar-refractivity contribution in [2.24, 2.45) is 5.14 Å². The van der Waals surface area contributed by atoms with E-state index in [1.54, 1.807) is 0 Å². The Morgan fingerprint density at radius 3 is 2.60 bits per heavy atom. The Bertz CT molecular complexity index is 264. The van der Waals surface area contributed by atoms with Crippen molar-refractivity contribution in [1.29, 1.82) is 0 Å². The lowest BCUT2D eigenvalue weighted by Crippen LogP contribution is -2.02. The molecule has 1 atom stereocenters. The van der Waals surface area contributed by atoms with Gasteiger partial charge in [-0.2, -0.15) is 0 Å². The van der Waals surface area contributed by atoms with Crippen molar-refractivity contribution < 1.29 is 8.60 Å². The summed E-state index contributed by atoms with van der Waals surface area (Å²) >= 11 is 0. The zero-order chi connectivity index (χ0) is 7.56. The molecule has 4 heteroatoms. The van der Waals surface area contributed by atoms with Crippen LogP contribution in [0.2, 0.25) is 0 Å². The zero-order valence-electron chi connectivity index (χ0n) is 5.08. The van der Waals surface area contributed by atoms with Gasteiger partial charge in [0.25, 0.3) is 0 Å². The second-order valence-corrected chi connectivity index (χ2v) is 2.82. The molecular formula is C6H6FNOS. The summed E-state index contributed by atoms with van der Waals surface area (Å²) in [5, 5.41) is 4.99. The van der Waals surface area contributed by atoms with Gasteiger partial charge in [0.2, 0.25) is 0 Å². The number of halogens is 1. The first-order valence-corrected chi connectivity index (χ1v) is 3.83. The van der Waals surface area contributed by atoms with E-state index in [4.69, 9.17) is 5.14 Å². The number of rotatable bonds is 1.